The largest absolute Gasteiger partial charge is 0.287 e. The lowest BCUT2D eigenvalue weighted by atomic mass is 10.2. The molecule has 0 aliphatic carbocycles. The molecule has 0 bridgehead atoms. The molecular formula is C11H10ClNO. The highest BCUT2D eigenvalue weighted by Gasteiger charge is 2.07. The van der Waals surface area contributed by atoms with Gasteiger partial charge in [-0.2, -0.15) is 0 Å². The van der Waals surface area contributed by atoms with Gasteiger partial charge in [0.2, 0.25) is 5.91 Å². The monoisotopic (exact) mass is 207 g/mol. The number of aryl methyl sites for hydroxylation is 1. The van der Waals surface area contributed by atoms with Crippen LogP contribution < -0.4 is 0 Å². The molecule has 2 aromatic rings. The van der Waals surface area contributed by atoms with Gasteiger partial charge >= 0.3 is 0 Å². The van der Waals surface area contributed by atoms with E-state index >= 15 is 0 Å². The molecule has 0 atom stereocenters. The standard InChI is InChI=1S/C11H10ClNO/c1-7-6-13(8(2)14)11-5-9(12)3-4-10(7)11/h3-6H,1-2H3. The fourth-order valence-corrected chi connectivity index (χ4v) is 1.80. The van der Waals surface area contributed by atoms with Crippen LogP contribution in [-0.2, 0) is 0 Å². The van der Waals surface area contributed by atoms with Crippen LogP contribution in [0.15, 0.2) is 24.4 Å². The van der Waals surface area contributed by atoms with Gasteiger partial charge in [-0.1, -0.05) is 17.7 Å². The van der Waals surface area contributed by atoms with Crippen molar-refractivity contribution in [2.45, 2.75) is 13.8 Å². The van der Waals surface area contributed by atoms with E-state index in [4.69, 9.17) is 11.6 Å². The maximum atomic E-state index is 11.3. The minimum atomic E-state index is 0.00497. The SMILES string of the molecule is CC(=O)n1cc(C)c2ccc(Cl)cc21. The normalized spacial score (nSPS) is 10.8. The van der Waals surface area contributed by atoms with Crippen LogP contribution in [0, 0.1) is 6.92 Å². The molecule has 0 fully saturated rings. The molecule has 14 heavy (non-hydrogen) atoms. The molecule has 0 saturated carbocycles. The molecule has 72 valence electrons. The van der Waals surface area contributed by atoms with Crippen molar-refractivity contribution in [3.63, 3.8) is 0 Å². The number of halogens is 1. The minimum Gasteiger partial charge on any atom is -0.287 e. The molecular weight excluding hydrogens is 198 g/mol. The van der Waals surface area contributed by atoms with Crippen molar-refractivity contribution in [2.24, 2.45) is 0 Å². The second-order valence-corrected chi connectivity index (χ2v) is 3.80. The molecule has 1 heterocycles. The second kappa shape index (κ2) is 3.14. The Morgan fingerprint density at radius 2 is 2.14 bits per heavy atom. The van der Waals surface area contributed by atoms with Crippen LogP contribution in [0.1, 0.15) is 17.3 Å². The zero-order valence-corrected chi connectivity index (χ0v) is 8.80. The van der Waals surface area contributed by atoms with Crippen LogP contribution in [0.3, 0.4) is 0 Å². The Kier molecular flexibility index (Phi) is 2.08. The Hall–Kier alpha value is -1.28. The Balaban J connectivity index is 2.85. The average Bonchev–Trinajstić information content (AvgIpc) is 2.43. The minimum absolute atomic E-state index is 0.00497. The Labute approximate surface area is 87.1 Å². The molecule has 1 aromatic carbocycles. The molecule has 2 nitrogen and oxygen atoms in total. The van der Waals surface area contributed by atoms with E-state index in [-0.39, 0.29) is 5.91 Å². The summed E-state index contributed by atoms with van der Waals surface area (Å²) in [4.78, 5) is 11.3. The van der Waals surface area contributed by atoms with Crippen molar-refractivity contribution >= 4 is 28.4 Å². The van der Waals surface area contributed by atoms with E-state index in [1.165, 1.54) is 0 Å². The molecule has 0 N–H and O–H groups in total. The van der Waals surface area contributed by atoms with Crippen LogP contribution in [0.2, 0.25) is 5.02 Å². The maximum Gasteiger partial charge on any atom is 0.227 e. The number of hydrogen-bond donors (Lipinski definition) is 0. The Morgan fingerprint density at radius 3 is 2.79 bits per heavy atom. The first-order valence-corrected chi connectivity index (χ1v) is 4.75. The molecule has 0 aliphatic rings. The third-order valence-electron chi connectivity index (χ3n) is 2.31. The highest BCUT2D eigenvalue weighted by atomic mass is 35.5. The van der Waals surface area contributed by atoms with Gasteiger partial charge in [0.05, 0.1) is 5.52 Å². The summed E-state index contributed by atoms with van der Waals surface area (Å²) in [6, 6.07) is 5.58. The molecule has 0 aliphatic heterocycles. The first-order valence-electron chi connectivity index (χ1n) is 4.38. The summed E-state index contributed by atoms with van der Waals surface area (Å²) < 4.78 is 1.62. The summed E-state index contributed by atoms with van der Waals surface area (Å²) in [5.41, 5.74) is 1.97. The van der Waals surface area contributed by atoms with E-state index in [0.717, 1.165) is 16.5 Å². The van der Waals surface area contributed by atoms with E-state index in [2.05, 4.69) is 0 Å². The lowest BCUT2D eigenvalue weighted by molar-refractivity contribution is 0.0941. The van der Waals surface area contributed by atoms with E-state index in [0.29, 0.717) is 5.02 Å². The van der Waals surface area contributed by atoms with Gasteiger partial charge in [0.15, 0.2) is 0 Å². The number of fused-ring (bicyclic) bond motifs is 1. The highest BCUT2D eigenvalue weighted by Crippen LogP contribution is 2.23. The third-order valence-corrected chi connectivity index (χ3v) is 2.54. The lowest BCUT2D eigenvalue weighted by Crippen LogP contribution is -2.02. The van der Waals surface area contributed by atoms with Crippen LogP contribution in [-0.4, -0.2) is 10.5 Å². The van der Waals surface area contributed by atoms with E-state index in [1.54, 1.807) is 11.5 Å². The number of nitrogens with zero attached hydrogens (tertiary/aromatic N) is 1. The highest BCUT2D eigenvalue weighted by molar-refractivity contribution is 6.31. The summed E-state index contributed by atoms with van der Waals surface area (Å²) in [5, 5.41) is 1.72. The van der Waals surface area contributed by atoms with E-state index < -0.39 is 0 Å². The zero-order chi connectivity index (χ0) is 10.3. The quantitative estimate of drug-likeness (QED) is 0.650. The Bertz CT molecular complexity index is 513. The van der Waals surface area contributed by atoms with Gasteiger partial charge in [-0.3, -0.25) is 9.36 Å². The predicted octanol–water partition coefficient (Wildman–Crippen LogP) is 3.26. The number of benzene rings is 1. The van der Waals surface area contributed by atoms with Crippen molar-refractivity contribution in [3.8, 4) is 0 Å². The van der Waals surface area contributed by atoms with Crippen LogP contribution in [0.4, 0.5) is 0 Å². The van der Waals surface area contributed by atoms with Crippen molar-refractivity contribution in [1.29, 1.82) is 0 Å². The average molecular weight is 208 g/mol. The van der Waals surface area contributed by atoms with Crippen molar-refractivity contribution in [3.05, 3.63) is 35.0 Å². The van der Waals surface area contributed by atoms with Gasteiger partial charge in [0.1, 0.15) is 0 Å². The van der Waals surface area contributed by atoms with Gasteiger partial charge in [0.25, 0.3) is 0 Å². The third kappa shape index (κ3) is 1.32. The lowest BCUT2D eigenvalue weighted by Gasteiger charge is -1.98. The summed E-state index contributed by atoms with van der Waals surface area (Å²) in [6.07, 6.45) is 1.84. The van der Waals surface area contributed by atoms with Crippen molar-refractivity contribution < 1.29 is 4.79 Å². The summed E-state index contributed by atoms with van der Waals surface area (Å²) >= 11 is 5.88. The van der Waals surface area contributed by atoms with Gasteiger partial charge in [-0.25, -0.2) is 0 Å². The number of carbonyl (C=O) groups is 1. The fourth-order valence-electron chi connectivity index (χ4n) is 1.63. The summed E-state index contributed by atoms with van der Waals surface area (Å²) in [5.74, 6) is 0.00497. The van der Waals surface area contributed by atoms with Crippen molar-refractivity contribution in [1.82, 2.24) is 4.57 Å². The number of carbonyl (C=O) groups excluding carboxylic acids is 1. The molecule has 1 aromatic heterocycles. The van der Waals surface area contributed by atoms with Crippen LogP contribution >= 0.6 is 11.6 Å². The van der Waals surface area contributed by atoms with Gasteiger partial charge in [-0.15, -0.1) is 0 Å². The molecule has 0 radical (unpaired) electrons. The van der Waals surface area contributed by atoms with Crippen LogP contribution in [0.5, 0.6) is 0 Å². The summed E-state index contributed by atoms with van der Waals surface area (Å²) in [7, 11) is 0. The van der Waals surface area contributed by atoms with E-state index in [1.807, 2.05) is 31.3 Å². The maximum absolute atomic E-state index is 11.3. The molecule has 3 heteroatoms. The van der Waals surface area contributed by atoms with Crippen LogP contribution in [0.25, 0.3) is 10.9 Å². The smallest absolute Gasteiger partial charge is 0.227 e. The van der Waals surface area contributed by atoms with Gasteiger partial charge in [-0.05, 0) is 24.6 Å². The zero-order valence-electron chi connectivity index (χ0n) is 8.04. The number of rotatable bonds is 0. The molecule has 2 rings (SSSR count). The predicted molar refractivity (Wildman–Crippen MR) is 58.0 cm³/mol. The van der Waals surface area contributed by atoms with Gasteiger partial charge < -0.3 is 0 Å². The number of hydrogen-bond acceptors (Lipinski definition) is 1. The fraction of sp³-hybridized carbons (Fsp3) is 0.182. The Morgan fingerprint density at radius 1 is 1.43 bits per heavy atom. The van der Waals surface area contributed by atoms with Gasteiger partial charge in [0, 0.05) is 23.5 Å². The van der Waals surface area contributed by atoms with E-state index in [9.17, 15) is 4.79 Å². The summed E-state index contributed by atoms with van der Waals surface area (Å²) in [6.45, 7) is 3.52. The topological polar surface area (TPSA) is 22.0 Å². The van der Waals surface area contributed by atoms with Crippen molar-refractivity contribution in [2.75, 3.05) is 0 Å². The number of aromatic nitrogens is 1. The molecule has 0 unspecified atom stereocenters. The first kappa shape index (κ1) is 9.28. The molecule has 0 spiro atoms. The molecule has 0 saturated heterocycles. The second-order valence-electron chi connectivity index (χ2n) is 3.36. The molecule has 0 amide bonds. The first-order chi connectivity index (χ1) is 6.59.